The third kappa shape index (κ3) is 5.02. The number of nitrogens with zero attached hydrogens (tertiary/aromatic N) is 2. The number of nitrogens with one attached hydrogen (secondary N) is 1. The van der Waals surface area contributed by atoms with E-state index in [0.29, 0.717) is 5.02 Å². The number of rotatable bonds is 8. The lowest BCUT2D eigenvalue weighted by Gasteiger charge is -2.25. The largest absolute Gasteiger partial charge is 0.300 e. The summed E-state index contributed by atoms with van der Waals surface area (Å²) in [6, 6.07) is 6.09. The van der Waals surface area contributed by atoms with Crippen LogP contribution in [-0.4, -0.2) is 22.8 Å². The van der Waals surface area contributed by atoms with Gasteiger partial charge in [0, 0.05) is 6.20 Å². The van der Waals surface area contributed by atoms with Crippen molar-refractivity contribution in [3.63, 3.8) is 0 Å². The Bertz CT molecular complexity index is 433. The Kier molecular flexibility index (Phi) is 7.22. The molecule has 1 rings (SSSR count). The van der Waals surface area contributed by atoms with Gasteiger partial charge in [0.05, 0.1) is 11.1 Å². The molecule has 104 valence electrons. The molecular weight excluding hydrogens is 278 g/mol. The number of nitriles is 1. The zero-order valence-corrected chi connectivity index (χ0v) is 13.0. The third-order valence-corrected chi connectivity index (χ3v) is 4.55. The average molecular weight is 298 g/mol. The molecule has 1 aromatic heterocycles. The Morgan fingerprint density at radius 2 is 2.32 bits per heavy atom. The lowest BCUT2D eigenvalue weighted by atomic mass is 9.92. The lowest BCUT2D eigenvalue weighted by molar-refractivity contribution is 0.379. The van der Waals surface area contributed by atoms with Crippen molar-refractivity contribution in [2.24, 2.45) is 0 Å². The van der Waals surface area contributed by atoms with Crippen LogP contribution in [0.4, 0.5) is 0 Å². The van der Waals surface area contributed by atoms with Crippen molar-refractivity contribution in [3.8, 4) is 6.07 Å². The van der Waals surface area contributed by atoms with Crippen LogP contribution in [0.1, 0.15) is 33.1 Å². The Hall–Kier alpha value is -0.760. The monoisotopic (exact) mass is 297 g/mol. The summed E-state index contributed by atoms with van der Waals surface area (Å²) in [7, 11) is 0. The van der Waals surface area contributed by atoms with E-state index in [9.17, 15) is 5.26 Å². The van der Waals surface area contributed by atoms with E-state index < -0.39 is 0 Å². The van der Waals surface area contributed by atoms with E-state index in [0.717, 1.165) is 36.6 Å². The van der Waals surface area contributed by atoms with Crippen LogP contribution in [0.2, 0.25) is 5.02 Å². The Balaban J connectivity index is 2.42. The predicted octanol–water partition coefficient (Wildman–Crippen LogP) is 3.89. The highest BCUT2D eigenvalue weighted by Crippen LogP contribution is 2.26. The predicted molar refractivity (Wildman–Crippen MR) is 81.5 cm³/mol. The van der Waals surface area contributed by atoms with E-state index in [1.54, 1.807) is 18.0 Å². The maximum Gasteiger partial charge on any atom is 0.115 e. The van der Waals surface area contributed by atoms with Gasteiger partial charge in [-0.15, -0.1) is 11.8 Å². The molecule has 1 N–H and O–H groups in total. The molecule has 0 aliphatic rings. The standard InChI is InChI=1S/C14H20ClN3S/c1-3-14(11-16,18-4-2)8-6-10-19-13-12(15)7-5-9-17-13/h5,7,9,18H,3-4,6,8,10H2,1-2H3. The second-order valence-corrected chi connectivity index (χ2v) is 5.81. The van der Waals surface area contributed by atoms with Crippen molar-refractivity contribution in [2.45, 2.75) is 43.7 Å². The molecule has 0 bridgehead atoms. The minimum atomic E-state index is -0.386. The van der Waals surface area contributed by atoms with Crippen LogP contribution in [0.3, 0.4) is 0 Å². The van der Waals surface area contributed by atoms with E-state index in [2.05, 4.69) is 23.3 Å². The average Bonchev–Trinajstić information content (AvgIpc) is 2.44. The fourth-order valence-corrected chi connectivity index (χ4v) is 3.03. The fourth-order valence-electron chi connectivity index (χ4n) is 1.92. The van der Waals surface area contributed by atoms with Gasteiger partial charge in [-0.2, -0.15) is 5.26 Å². The Labute approximate surface area is 124 Å². The van der Waals surface area contributed by atoms with Crippen molar-refractivity contribution in [2.75, 3.05) is 12.3 Å². The summed E-state index contributed by atoms with van der Waals surface area (Å²) in [5.74, 6) is 0.922. The van der Waals surface area contributed by atoms with Gasteiger partial charge in [-0.25, -0.2) is 4.98 Å². The van der Waals surface area contributed by atoms with Gasteiger partial charge in [0.1, 0.15) is 10.6 Å². The van der Waals surface area contributed by atoms with Gasteiger partial charge in [0.15, 0.2) is 0 Å². The normalized spacial score (nSPS) is 13.8. The highest BCUT2D eigenvalue weighted by Gasteiger charge is 2.25. The maximum atomic E-state index is 9.32. The van der Waals surface area contributed by atoms with Crippen LogP contribution in [0.25, 0.3) is 0 Å². The molecule has 3 nitrogen and oxygen atoms in total. The molecule has 5 heteroatoms. The first kappa shape index (κ1) is 16.3. The van der Waals surface area contributed by atoms with Crippen molar-refractivity contribution in [1.29, 1.82) is 5.26 Å². The second-order valence-electron chi connectivity index (χ2n) is 4.32. The molecule has 0 aromatic carbocycles. The summed E-state index contributed by atoms with van der Waals surface area (Å²) in [5, 5.41) is 14.2. The molecular formula is C14H20ClN3S. The minimum Gasteiger partial charge on any atom is -0.300 e. The van der Waals surface area contributed by atoms with E-state index >= 15 is 0 Å². The van der Waals surface area contributed by atoms with Gasteiger partial charge in [0.2, 0.25) is 0 Å². The van der Waals surface area contributed by atoms with Crippen LogP contribution >= 0.6 is 23.4 Å². The molecule has 0 aliphatic carbocycles. The summed E-state index contributed by atoms with van der Waals surface area (Å²) in [4.78, 5) is 4.24. The first-order valence-corrected chi connectivity index (χ1v) is 7.93. The molecule has 0 saturated heterocycles. The number of hydrogen-bond acceptors (Lipinski definition) is 4. The maximum absolute atomic E-state index is 9.32. The fraction of sp³-hybridized carbons (Fsp3) is 0.571. The molecule has 0 fully saturated rings. The van der Waals surface area contributed by atoms with Gasteiger partial charge in [-0.05, 0) is 43.7 Å². The van der Waals surface area contributed by atoms with Crippen molar-refractivity contribution in [3.05, 3.63) is 23.4 Å². The van der Waals surface area contributed by atoms with Gasteiger partial charge >= 0.3 is 0 Å². The van der Waals surface area contributed by atoms with Crippen molar-refractivity contribution in [1.82, 2.24) is 10.3 Å². The summed E-state index contributed by atoms with van der Waals surface area (Å²) < 4.78 is 0. The van der Waals surface area contributed by atoms with Crippen LogP contribution in [0, 0.1) is 11.3 Å². The first-order valence-electron chi connectivity index (χ1n) is 6.57. The number of aromatic nitrogens is 1. The molecule has 1 atom stereocenters. The number of halogens is 1. The molecule has 0 aliphatic heterocycles. The minimum absolute atomic E-state index is 0.386. The third-order valence-electron chi connectivity index (χ3n) is 3.04. The van der Waals surface area contributed by atoms with Crippen molar-refractivity contribution >= 4 is 23.4 Å². The molecule has 0 saturated carbocycles. The molecule has 1 unspecified atom stereocenters. The highest BCUT2D eigenvalue weighted by atomic mass is 35.5. The molecule has 1 aromatic rings. The SMILES string of the molecule is CCNC(C#N)(CC)CCCSc1ncccc1Cl. The summed E-state index contributed by atoms with van der Waals surface area (Å²) in [5.41, 5.74) is -0.386. The molecule has 0 radical (unpaired) electrons. The van der Waals surface area contributed by atoms with E-state index in [1.165, 1.54) is 0 Å². The second kappa shape index (κ2) is 8.42. The quantitative estimate of drug-likeness (QED) is 0.584. The zero-order valence-electron chi connectivity index (χ0n) is 11.4. The molecule has 1 heterocycles. The molecule has 0 amide bonds. The number of hydrogen-bond donors (Lipinski definition) is 1. The topological polar surface area (TPSA) is 48.7 Å². The highest BCUT2D eigenvalue weighted by molar-refractivity contribution is 7.99. The Morgan fingerprint density at radius 3 is 2.89 bits per heavy atom. The van der Waals surface area contributed by atoms with E-state index in [1.807, 2.05) is 19.1 Å². The zero-order chi connectivity index (χ0) is 14.1. The van der Waals surface area contributed by atoms with Crippen LogP contribution in [0.15, 0.2) is 23.4 Å². The number of pyridine rings is 1. The van der Waals surface area contributed by atoms with Crippen LogP contribution in [0.5, 0.6) is 0 Å². The summed E-state index contributed by atoms with van der Waals surface area (Å²) >= 11 is 7.70. The van der Waals surface area contributed by atoms with Gasteiger partial charge in [-0.1, -0.05) is 25.4 Å². The van der Waals surface area contributed by atoms with E-state index in [-0.39, 0.29) is 5.54 Å². The first-order chi connectivity index (χ1) is 9.17. The lowest BCUT2D eigenvalue weighted by Crippen LogP contribution is -2.43. The van der Waals surface area contributed by atoms with Gasteiger partial charge < -0.3 is 0 Å². The smallest absolute Gasteiger partial charge is 0.115 e. The van der Waals surface area contributed by atoms with E-state index in [4.69, 9.17) is 11.6 Å². The molecule has 19 heavy (non-hydrogen) atoms. The van der Waals surface area contributed by atoms with Crippen molar-refractivity contribution < 1.29 is 0 Å². The van der Waals surface area contributed by atoms with Gasteiger partial charge in [0.25, 0.3) is 0 Å². The summed E-state index contributed by atoms with van der Waals surface area (Å²) in [6.45, 7) is 4.90. The molecule has 0 spiro atoms. The van der Waals surface area contributed by atoms with Crippen LogP contribution < -0.4 is 5.32 Å². The van der Waals surface area contributed by atoms with Gasteiger partial charge in [-0.3, -0.25) is 5.32 Å². The van der Waals surface area contributed by atoms with Crippen LogP contribution in [-0.2, 0) is 0 Å². The summed E-state index contributed by atoms with van der Waals surface area (Å²) in [6.07, 6.45) is 4.39. The number of thioether (sulfide) groups is 1. The Morgan fingerprint density at radius 1 is 1.53 bits per heavy atom.